The van der Waals surface area contributed by atoms with E-state index in [1.165, 1.54) is 6.07 Å². The normalized spacial score (nSPS) is 16.7. The van der Waals surface area contributed by atoms with Crippen LogP contribution >= 0.6 is 11.6 Å². The summed E-state index contributed by atoms with van der Waals surface area (Å²) in [6, 6.07) is 8.68. The van der Waals surface area contributed by atoms with Gasteiger partial charge in [-0.25, -0.2) is 9.37 Å². The number of fused-ring (bicyclic) bond motifs is 1. The highest BCUT2D eigenvalue weighted by atomic mass is 35.5. The maximum atomic E-state index is 14.9. The van der Waals surface area contributed by atoms with E-state index in [2.05, 4.69) is 10.00 Å². The molecule has 0 N–H and O–H groups in total. The quantitative estimate of drug-likeness (QED) is 0.438. The van der Waals surface area contributed by atoms with E-state index in [0.29, 0.717) is 36.0 Å². The highest BCUT2D eigenvalue weighted by Gasteiger charge is 2.25. The minimum Gasteiger partial charge on any atom is -0.370 e. The van der Waals surface area contributed by atoms with Crippen LogP contribution in [0.15, 0.2) is 42.7 Å². The van der Waals surface area contributed by atoms with Crippen LogP contribution in [0.1, 0.15) is 22.9 Å². The standard InChI is InChI=1S/C24H23ClFN5O/c1-14-8-19-21(28-15(14)2)10-23(29-24(19)18-5-4-17(25)9-20(18)26)31-6-7-32-22(13-31)16-11-27-30(3)12-16/h4-5,8-12,22H,6-7,13H2,1-3H3/t22-/m0/s1. The van der Waals surface area contributed by atoms with E-state index in [1.54, 1.807) is 16.8 Å². The molecule has 0 spiro atoms. The Morgan fingerprint density at radius 1 is 1.16 bits per heavy atom. The van der Waals surface area contributed by atoms with Crippen molar-refractivity contribution >= 4 is 28.3 Å². The van der Waals surface area contributed by atoms with Gasteiger partial charge in [0.2, 0.25) is 0 Å². The number of anilines is 1. The van der Waals surface area contributed by atoms with Crippen LogP contribution in [-0.2, 0) is 11.8 Å². The molecule has 0 radical (unpaired) electrons. The zero-order chi connectivity index (χ0) is 22.4. The Kier molecular flexibility index (Phi) is 5.31. The van der Waals surface area contributed by atoms with E-state index in [9.17, 15) is 4.39 Å². The topological polar surface area (TPSA) is 56.1 Å². The molecule has 0 saturated carbocycles. The molecule has 1 saturated heterocycles. The predicted octanol–water partition coefficient (Wildman–Crippen LogP) is 5.02. The van der Waals surface area contributed by atoms with E-state index in [0.717, 1.165) is 33.5 Å². The van der Waals surface area contributed by atoms with Crippen LogP contribution in [0.4, 0.5) is 10.2 Å². The molecule has 0 amide bonds. The van der Waals surface area contributed by atoms with Gasteiger partial charge < -0.3 is 9.64 Å². The third-order valence-electron chi connectivity index (χ3n) is 5.92. The summed E-state index contributed by atoms with van der Waals surface area (Å²) in [5, 5.41) is 5.43. The first-order valence-electron chi connectivity index (χ1n) is 10.5. The molecular weight excluding hydrogens is 429 g/mol. The van der Waals surface area contributed by atoms with E-state index in [-0.39, 0.29) is 6.10 Å². The molecule has 4 heterocycles. The molecule has 32 heavy (non-hydrogen) atoms. The van der Waals surface area contributed by atoms with Crippen LogP contribution in [0.5, 0.6) is 0 Å². The number of rotatable bonds is 3. The van der Waals surface area contributed by atoms with Crippen LogP contribution < -0.4 is 4.90 Å². The van der Waals surface area contributed by atoms with E-state index in [4.69, 9.17) is 26.3 Å². The van der Waals surface area contributed by atoms with E-state index < -0.39 is 5.82 Å². The average molecular weight is 452 g/mol. The first-order valence-corrected chi connectivity index (χ1v) is 10.9. The van der Waals surface area contributed by atoms with Crippen molar-refractivity contribution in [1.82, 2.24) is 19.7 Å². The Morgan fingerprint density at radius 3 is 2.75 bits per heavy atom. The number of nitrogens with zero attached hydrogens (tertiary/aromatic N) is 5. The molecule has 5 rings (SSSR count). The van der Waals surface area contributed by atoms with Crippen molar-refractivity contribution < 1.29 is 9.13 Å². The largest absolute Gasteiger partial charge is 0.370 e. The van der Waals surface area contributed by atoms with Crippen LogP contribution in [0.2, 0.25) is 5.02 Å². The summed E-state index contributed by atoms with van der Waals surface area (Å²) in [5.41, 5.74) is 4.74. The zero-order valence-corrected chi connectivity index (χ0v) is 18.9. The zero-order valence-electron chi connectivity index (χ0n) is 18.1. The van der Waals surface area contributed by atoms with Gasteiger partial charge >= 0.3 is 0 Å². The summed E-state index contributed by atoms with van der Waals surface area (Å²) in [6.45, 7) is 5.84. The monoisotopic (exact) mass is 451 g/mol. The first kappa shape index (κ1) is 20.8. The fourth-order valence-electron chi connectivity index (χ4n) is 4.07. The molecule has 1 fully saturated rings. The van der Waals surface area contributed by atoms with Gasteiger partial charge in [-0.15, -0.1) is 0 Å². The Bertz CT molecular complexity index is 1320. The number of pyridine rings is 2. The minimum atomic E-state index is -0.406. The molecular formula is C24H23ClFN5O. The molecule has 4 aromatic rings. The van der Waals surface area contributed by atoms with E-state index >= 15 is 0 Å². The number of ether oxygens (including phenoxy) is 1. The number of halogens is 2. The number of hydrogen-bond acceptors (Lipinski definition) is 5. The summed E-state index contributed by atoms with van der Waals surface area (Å²) in [4.78, 5) is 11.9. The maximum absolute atomic E-state index is 14.9. The highest BCUT2D eigenvalue weighted by molar-refractivity contribution is 6.30. The molecule has 0 bridgehead atoms. The van der Waals surface area contributed by atoms with Crippen molar-refractivity contribution in [2.24, 2.45) is 7.05 Å². The Labute approximate surface area is 190 Å². The molecule has 3 aromatic heterocycles. The lowest BCUT2D eigenvalue weighted by molar-refractivity contribution is 0.0395. The second-order valence-corrected chi connectivity index (χ2v) is 8.60. The van der Waals surface area contributed by atoms with Crippen molar-refractivity contribution in [2.75, 3.05) is 24.6 Å². The van der Waals surface area contributed by atoms with Gasteiger partial charge in [0, 0.05) is 59.6 Å². The number of hydrogen-bond donors (Lipinski definition) is 0. The lowest BCUT2D eigenvalue weighted by Crippen LogP contribution is -2.38. The second kappa shape index (κ2) is 8.15. The molecule has 6 nitrogen and oxygen atoms in total. The minimum absolute atomic E-state index is 0.113. The molecule has 0 unspecified atom stereocenters. The van der Waals surface area contributed by atoms with Gasteiger partial charge in [0.15, 0.2) is 0 Å². The predicted molar refractivity (Wildman–Crippen MR) is 124 cm³/mol. The van der Waals surface area contributed by atoms with Crippen molar-refractivity contribution in [1.29, 1.82) is 0 Å². The van der Waals surface area contributed by atoms with Crippen molar-refractivity contribution in [3.63, 3.8) is 0 Å². The molecule has 164 valence electrons. The molecule has 1 atom stereocenters. The average Bonchev–Trinajstić information content (AvgIpc) is 3.21. The summed E-state index contributed by atoms with van der Waals surface area (Å²) in [7, 11) is 1.89. The Morgan fingerprint density at radius 2 is 2.00 bits per heavy atom. The maximum Gasteiger partial charge on any atom is 0.134 e. The van der Waals surface area contributed by atoms with Crippen LogP contribution in [0.3, 0.4) is 0 Å². The van der Waals surface area contributed by atoms with Crippen LogP contribution in [-0.4, -0.2) is 39.4 Å². The van der Waals surface area contributed by atoms with Gasteiger partial charge in [-0.1, -0.05) is 11.6 Å². The third-order valence-corrected chi connectivity index (χ3v) is 6.15. The number of aromatic nitrogens is 4. The van der Waals surface area contributed by atoms with Crippen molar-refractivity contribution in [3.8, 4) is 11.3 Å². The number of morpholine rings is 1. The lowest BCUT2D eigenvalue weighted by Gasteiger charge is -2.33. The van der Waals surface area contributed by atoms with Gasteiger partial charge in [-0.3, -0.25) is 9.67 Å². The summed E-state index contributed by atoms with van der Waals surface area (Å²) >= 11 is 6.00. The fraction of sp³-hybridized carbons (Fsp3) is 0.292. The fourth-order valence-corrected chi connectivity index (χ4v) is 4.23. The van der Waals surface area contributed by atoms with Gasteiger partial charge in [0.1, 0.15) is 17.7 Å². The Balaban J connectivity index is 1.62. The van der Waals surface area contributed by atoms with Crippen molar-refractivity contribution in [3.05, 3.63) is 70.4 Å². The molecule has 0 aliphatic carbocycles. The van der Waals surface area contributed by atoms with Crippen LogP contribution in [0.25, 0.3) is 22.2 Å². The molecule has 1 aromatic carbocycles. The van der Waals surface area contributed by atoms with Gasteiger partial charge in [-0.05, 0) is 43.7 Å². The Hall–Kier alpha value is -3.03. The van der Waals surface area contributed by atoms with Crippen LogP contribution in [0, 0.1) is 19.7 Å². The molecule has 1 aliphatic heterocycles. The van der Waals surface area contributed by atoms with Gasteiger partial charge in [0.25, 0.3) is 0 Å². The summed E-state index contributed by atoms with van der Waals surface area (Å²) < 4.78 is 22.7. The highest BCUT2D eigenvalue weighted by Crippen LogP contribution is 2.34. The van der Waals surface area contributed by atoms with Crippen molar-refractivity contribution in [2.45, 2.75) is 20.0 Å². The van der Waals surface area contributed by atoms with E-state index in [1.807, 2.05) is 45.4 Å². The first-order chi connectivity index (χ1) is 15.4. The second-order valence-electron chi connectivity index (χ2n) is 8.16. The molecule has 1 aliphatic rings. The molecule has 8 heteroatoms. The number of benzene rings is 1. The number of aryl methyl sites for hydroxylation is 3. The smallest absolute Gasteiger partial charge is 0.134 e. The SMILES string of the molecule is Cc1cc2c(-c3ccc(Cl)cc3F)nc(N3CCO[C@H](c4cnn(C)c4)C3)cc2nc1C. The summed E-state index contributed by atoms with van der Waals surface area (Å²) in [6.07, 6.45) is 3.67. The van der Waals surface area contributed by atoms with Gasteiger partial charge in [-0.2, -0.15) is 5.10 Å². The van der Waals surface area contributed by atoms with Gasteiger partial charge in [0.05, 0.1) is 24.0 Å². The lowest BCUT2D eigenvalue weighted by atomic mass is 10.0. The third kappa shape index (κ3) is 3.82. The summed E-state index contributed by atoms with van der Waals surface area (Å²) in [5.74, 6) is 0.340.